The largest absolute Gasteiger partial charge is 0.481 e. The van der Waals surface area contributed by atoms with Gasteiger partial charge < -0.3 is 15.8 Å². The Balaban J connectivity index is 2.28. The average molecular weight is 345 g/mol. The molecule has 20 heavy (non-hydrogen) atoms. The first-order chi connectivity index (χ1) is 9.40. The molecular weight excluding hydrogens is 328 g/mol. The van der Waals surface area contributed by atoms with Crippen molar-refractivity contribution in [3.8, 4) is 0 Å². The van der Waals surface area contributed by atoms with Crippen molar-refractivity contribution in [2.24, 2.45) is 5.92 Å². The van der Waals surface area contributed by atoms with Crippen molar-refractivity contribution in [3.63, 3.8) is 0 Å². The van der Waals surface area contributed by atoms with Crippen LogP contribution in [0.2, 0.25) is 0 Å². The van der Waals surface area contributed by atoms with Crippen molar-refractivity contribution >= 4 is 33.6 Å². The van der Waals surface area contributed by atoms with E-state index in [1.54, 1.807) is 0 Å². The molecule has 1 aromatic rings. The Hall–Kier alpha value is -1.80. The molecule has 2 amide bonds. The smallest absolute Gasteiger partial charge is 0.330 e. The summed E-state index contributed by atoms with van der Waals surface area (Å²) < 4.78 is 0.997. The molecular formula is C12H17BrN4O3. The summed E-state index contributed by atoms with van der Waals surface area (Å²) in [5.74, 6) is -1.59. The molecule has 0 aliphatic carbocycles. The zero-order valence-corrected chi connectivity index (χ0v) is 12.7. The van der Waals surface area contributed by atoms with Gasteiger partial charge in [-0.05, 0) is 30.7 Å². The van der Waals surface area contributed by atoms with Crippen LogP contribution >= 0.6 is 15.9 Å². The summed E-state index contributed by atoms with van der Waals surface area (Å²) in [6, 6.07) is 5.09. The standard InChI is InChI=1S/C12H17BrN4O3/c1-7-5-9(3-4-10(7)13)15-17-16-12(20)14-6-8(2)11(18)19/h3-5,8,15,17H,6H2,1-2H3,(H,18,19)(H2,14,16,20). The number of aliphatic carboxylic acids is 1. The van der Waals surface area contributed by atoms with E-state index >= 15 is 0 Å². The second kappa shape index (κ2) is 7.71. The van der Waals surface area contributed by atoms with Crippen molar-refractivity contribution in [2.45, 2.75) is 13.8 Å². The lowest BCUT2D eigenvalue weighted by molar-refractivity contribution is -0.140. The fraction of sp³-hybridized carbons (Fsp3) is 0.333. The van der Waals surface area contributed by atoms with E-state index in [0.717, 1.165) is 15.7 Å². The van der Waals surface area contributed by atoms with Crippen LogP contribution in [0.5, 0.6) is 0 Å². The Morgan fingerprint density at radius 2 is 2.10 bits per heavy atom. The van der Waals surface area contributed by atoms with Crippen LogP contribution in [0.15, 0.2) is 22.7 Å². The number of carbonyl (C=O) groups excluding carboxylic acids is 1. The number of amides is 2. The zero-order chi connectivity index (χ0) is 15.1. The van der Waals surface area contributed by atoms with E-state index in [1.807, 2.05) is 25.1 Å². The van der Waals surface area contributed by atoms with Crippen LogP contribution in [0.4, 0.5) is 10.5 Å². The number of benzene rings is 1. The van der Waals surface area contributed by atoms with E-state index < -0.39 is 17.9 Å². The lowest BCUT2D eigenvalue weighted by Crippen LogP contribution is -2.48. The molecule has 1 unspecified atom stereocenters. The van der Waals surface area contributed by atoms with Gasteiger partial charge in [-0.2, -0.15) is 0 Å². The maximum atomic E-state index is 11.4. The third-order valence-corrected chi connectivity index (χ3v) is 3.42. The van der Waals surface area contributed by atoms with Crippen molar-refractivity contribution < 1.29 is 14.7 Å². The third kappa shape index (κ3) is 5.45. The molecule has 5 N–H and O–H groups in total. The van der Waals surface area contributed by atoms with E-state index in [0.29, 0.717) is 0 Å². The molecule has 1 aromatic carbocycles. The number of anilines is 1. The normalized spacial score (nSPS) is 11.6. The van der Waals surface area contributed by atoms with Crippen LogP contribution < -0.4 is 21.7 Å². The van der Waals surface area contributed by atoms with Gasteiger partial charge in [0, 0.05) is 11.0 Å². The number of rotatable bonds is 6. The maximum Gasteiger partial charge on any atom is 0.330 e. The minimum Gasteiger partial charge on any atom is -0.481 e. The fourth-order valence-corrected chi connectivity index (χ4v) is 1.51. The highest BCUT2D eigenvalue weighted by atomic mass is 79.9. The summed E-state index contributed by atoms with van der Waals surface area (Å²) in [5.41, 5.74) is 9.50. The Bertz CT molecular complexity index is 496. The molecule has 0 aliphatic rings. The number of carboxylic acids is 1. The first-order valence-corrected chi connectivity index (χ1v) is 6.73. The predicted molar refractivity (Wildman–Crippen MR) is 79.0 cm³/mol. The van der Waals surface area contributed by atoms with Gasteiger partial charge in [-0.25, -0.2) is 4.79 Å². The summed E-state index contributed by atoms with van der Waals surface area (Å²) in [6.45, 7) is 3.52. The Labute approximate surface area is 125 Å². The topological polar surface area (TPSA) is 102 Å². The third-order valence-electron chi connectivity index (χ3n) is 2.53. The predicted octanol–water partition coefficient (Wildman–Crippen LogP) is 1.61. The van der Waals surface area contributed by atoms with Gasteiger partial charge in [0.25, 0.3) is 0 Å². The highest BCUT2D eigenvalue weighted by Crippen LogP contribution is 2.19. The molecule has 0 spiro atoms. The molecule has 1 rings (SSSR count). The van der Waals surface area contributed by atoms with E-state index in [9.17, 15) is 9.59 Å². The van der Waals surface area contributed by atoms with Crippen molar-refractivity contribution in [3.05, 3.63) is 28.2 Å². The summed E-state index contributed by atoms with van der Waals surface area (Å²) in [7, 11) is 0. The second-order valence-electron chi connectivity index (χ2n) is 4.29. The maximum absolute atomic E-state index is 11.4. The number of hydrazine groups is 2. The minimum absolute atomic E-state index is 0.0558. The lowest BCUT2D eigenvalue weighted by Gasteiger charge is -2.12. The van der Waals surface area contributed by atoms with Crippen LogP contribution in [0, 0.1) is 12.8 Å². The number of nitrogens with one attached hydrogen (secondary N) is 4. The number of urea groups is 1. The fourth-order valence-electron chi connectivity index (χ4n) is 1.26. The average Bonchev–Trinajstić information content (AvgIpc) is 2.40. The SMILES string of the molecule is Cc1cc(NNNC(=O)NCC(C)C(=O)O)ccc1Br. The van der Waals surface area contributed by atoms with E-state index in [2.05, 4.69) is 37.6 Å². The van der Waals surface area contributed by atoms with Gasteiger partial charge in [-0.1, -0.05) is 22.9 Å². The molecule has 0 saturated heterocycles. The highest BCUT2D eigenvalue weighted by molar-refractivity contribution is 9.10. The summed E-state index contributed by atoms with van der Waals surface area (Å²) >= 11 is 3.39. The number of hydrogen-bond acceptors (Lipinski definition) is 4. The number of hydrogen-bond donors (Lipinski definition) is 5. The summed E-state index contributed by atoms with van der Waals surface area (Å²) in [5, 5.41) is 11.1. The van der Waals surface area contributed by atoms with Gasteiger partial charge in [0.15, 0.2) is 0 Å². The van der Waals surface area contributed by atoms with E-state index in [4.69, 9.17) is 5.11 Å². The van der Waals surface area contributed by atoms with Crippen LogP contribution in [0.3, 0.4) is 0 Å². The van der Waals surface area contributed by atoms with E-state index in [1.165, 1.54) is 6.92 Å². The summed E-state index contributed by atoms with van der Waals surface area (Å²) in [4.78, 5) is 21.9. The van der Waals surface area contributed by atoms with Crippen molar-refractivity contribution in [1.82, 2.24) is 16.3 Å². The highest BCUT2D eigenvalue weighted by Gasteiger charge is 2.11. The molecule has 1 atom stereocenters. The summed E-state index contributed by atoms with van der Waals surface area (Å²) in [6.07, 6.45) is 0. The molecule has 0 radical (unpaired) electrons. The van der Waals surface area contributed by atoms with Crippen LogP contribution in [-0.2, 0) is 4.79 Å². The monoisotopic (exact) mass is 344 g/mol. The number of aryl methyl sites for hydroxylation is 1. The van der Waals surface area contributed by atoms with Gasteiger partial charge in [0.05, 0.1) is 11.6 Å². The first-order valence-electron chi connectivity index (χ1n) is 5.94. The van der Waals surface area contributed by atoms with Gasteiger partial charge in [-0.15, -0.1) is 5.53 Å². The Morgan fingerprint density at radius 3 is 2.70 bits per heavy atom. The number of halogens is 1. The number of carboxylic acid groups (broad SMARTS) is 1. The van der Waals surface area contributed by atoms with Gasteiger partial charge >= 0.3 is 12.0 Å². The quantitative estimate of drug-likeness (QED) is 0.504. The molecule has 0 aromatic heterocycles. The minimum atomic E-state index is -0.957. The molecule has 0 saturated carbocycles. The second-order valence-corrected chi connectivity index (χ2v) is 5.14. The lowest BCUT2D eigenvalue weighted by atomic mass is 10.2. The first kappa shape index (κ1) is 16.3. The number of carbonyl (C=O) groups is 2. The Morgan fingerprint density at radius 1 is 1.40 bits per heavy atom. The zero-order valence-electron chi connectivity index (χ0n) is 11.2. The van der Waals surface area contributed by atoms with Gasteiger partial charge in [0.1, 0.15) is 0 Å². The van der Waals surface area contributed by atoms with Crippen molar-refractivity contribution in [1.29, 1.82) is 0 Å². The molecule has 8 heteroatoms. The van der Waals surface area contributed by atoms with E-state index in [-0.39, 0.29) is 6.54 Å². The molecule has 0 aliphatic heterocycles. The Kier molecular flexibility index (Phi) is 6.26. The molecule has 7 nitrogen and oxygen atoms in total. The van der Waals surface area contributed by atoms with Gasteiger partial charge in [-0.3, -0.25) is 10.2 Å². The van der Waals surface area contributed by atoms with Crippen molar-refractivity contribution in [2.75, 3.05) is 12.0 Å². The van der Waals surface area contributed by atoms with Crippen LogP contribution in [0.25, 0.3) is 0 Å². The van der Waals surface area contributed by atoms with Crippen LogP contribution in [-0.4, -0.2) is 23.7 Å². The molecule has 0 fully saturated rings. The molecule has 0 bridgehead atoms. The molecule has 0 heterocycles. The molecule has 110 valence electrons. The van der Waals surface area contributed by atoms with Crippen LogP contribution in [0.1, 0.15) is 12.5 Å². The van der Waals surface area contributed by atoms with Gasteiger partial charge in [0.2, 0.25) is 0 Å².